The fraction of sp³-hybridized carbons (Fsp3) is 0.0556. The first-order valence-electron chi connectivity index (χ1n) is 7.72. The Morgan fingerprint density at radius 1 is 1.31 bits per heavy atom. The van der Waals surface area contributed by atoms with E-state index in [1.54, 1.807) is 23.7 Å². The topological polar surface area (TPSA) is 70.7 Å². The number of aromatic nitrogens is 3. The number of hydrogen-bond donors (Lipinski definition) is 2. The predicted octanol–water partition coefficient (Wildman–Crippen LogP) is 4.41. The minimum absolute atomic E-state index is 0.0186. The van der Waals surface area contributed by atoms with Gasteiger partial charge >= 0.3 is 0 Å². The highest BCUT2D eigenvalue weighted by Crippen LogP contribution is 2.30. The van der Waals surface area contributed by atoms with Crippen LogP contribution in [0.2, 0.25) is 5.02 Å². The molecule has 1 amide bonds. The molecule has 4 aromatic rings. The Morgan fingerprint density at radius 3 is 3.04 bits per heavy atom. The molecule has 4 rings (SSSR count). The molecule has 0 fully saturated rings. The van der Waals surface area contributed by atoms with Crippen molar-refractivity contribution in [1.82, 2.24) is 20.5 Å². The van der Waals surface area contributed by atoms with E-state index in [1.807, 2.05) is 12.1 Å². The van der Waals surface area contributed by atoms with Gasteiger partial charge in [-0.1, -0.05) is 17.7 Å². The zero-order chi connectivity index (χ0) is 18.1. The van der Waals surface area contributed by atoms with Crippen LogP contribution in [0.15, 0.2) is 48.0 Å². The van der Waals surface area contributed by atoms with Crippen LogP contribution in [-0.4, -0.2) is 21.1 Å². The molecule has 130 valence electrons. The second-order valence-electron chi connectivity index (χ2n) is 5.55. The third-order valence-electron chi connectivity index (χ3n) is 3.92. The summed E-state index contributed by atoms with van der Waals surface area (Å²) >= 11 is 7.39. The van der Waals surface area contributed by atoms with Crippen molar-refractivity contribution in [3.63, 3.8) is 0 Å². The quantitative estimate of drug-likeness (QED) is 0.545. The van der Waals surface area contributed by atoms with Crippen LogP contribution in [-0.2, 0) is 6.54 Å². The molecule has 0 radical (unpaired) electrons. The summed E-state index contributed by atoms with van der Waals surface area (Å²) in [7, 11) is 0. The summed E-state index contributed by atoms with van der Waals surface area (Å²) in [6.07, 6.45) is 1.69. The summed E-state index contributed by atoms with van der Waals surface area (Å²) < 4.78 is 13.8. The number of thiophene rings is 1. The van der Waals surface area contributed by atoms with Crippen LogP contribution in [0, 0.1) is 5.82 Å². The van der Waals surface area contributed by atoms with Gasteiger partial charge < -0.3 is 5.32 Å². The number of halogens is 2. The van der Waals surface area contributed by atoms with Gasteiger partial charge in [0.05, 0.1) is 10.4 Å². The molecule has 3 aromatic heterocycles. The third kappa shape index (κ3) is 3.07. The Kier molecular flexibility index (Phi) is 4.40. The number of nitrogens with one attached hydrogen (secondary N) is 2. The van der Waals surface area contributed by atoms with Crippen LogP contribution >= 0.6 is 22.9 Å². The number of pyridine rings is 1. The van der Waals surface area contributed by atoms with E-state index >= 15 is 0 Å². The number of H-pyrrole nitrogens is 1. The minimum atomic E-state index is -0.445. The molecule has 0 saturated heterocycles. The number of amides is 1. The molecular weight excluding hydrogens is 375 g/mol. The lowest BCUT2D eigenvalue weighted by Crippen LogP contribution is -2.23. The van der Waals surface area contributed by atoms with Crippen molar-refractivity contribution in [3.05, 3.63) is 69.9 Å². The van der Waals surface area contributed by atoms with E-state index in [-0.39, 0.29) is 23.0 Å². The van der Waals surface area contributed by atoms with Crippen molar-refractivity contribution in [2.24, 2.45) is 0 Å². The van der Waals surface area contributed by atoms with Crippen molar-refractivity contribution < 1.29 is 9.18 Å². The normalized spacial score (nSPS) is 11.0. The molecule has 5 nitrogen and oxygen atoms in total. The maximum absolute atomic E-state index is 13.8. The van der Waals surface area contributed by atoms with Crippen LogP contribution in [0.5, 0.6) is 0 Å². The zero-order valence-corrected chi connectivity index (χ0v) is 14.9. The SMILES string of the molecule is O=C(NCc1c(F)cccc1Cl)c1csc(-c2n[nH]c3ncccc23)c1. The molecule has 0 atom stereocenters. The molecule has 0 aliphatic heterocycles. The van der Waals surface area contributed by atoms with Gasteiger partial charge in [-0.25, -0.2) is 9.37 Å². The zero-order valence-electron chi connectivity index (χ0n) is 13.3. The van der Waals surface area contributed by atoms with E-state index in [0.717, 1.165) is 16.0 Å². The number of carbonyl (C=O) groups excluding carboxylic acids is 1. The van der Waals surface area contributed by atoms with Gasteiger partial charge in [0.1, 0.15) is 11.5 Å². The van der Waals surface area contributed by atoms with Gasteiger partial charge in [0.15, 0.2) is 5.65 Å². The van der Waals surface area contributed by atoms with Crippen molar-refractivity contribution in [2.45, 2.75) is 6.54 Å². The average molecular weight is 387 g/mol. The third-order valence-corrected chi connectivity index (χ3v) is 5.21. The molecule has 2 N–H and O–H groups in total. The molecule has 1 aromatic carbocycles. The highest BCUT2D eigenvalue weighted by atomic mass is 35.5. The second kappa shape index (κ2) is 6.86. The molecular formula is C18H12ClFN4OS. The lowest BCUT2D eigenvalue weighted by molar-refractivity contribution is 0.0951. The number of fused-ring (bicyclic) bond motifs is 1. The van der Waals surface area contributed by atoms with Gasteiger partial charge in [0.2, 0.25) is 0 Å². The first kappa shape index (κ1) is 16.7. The molecule has 8 heteroatoms. The Hall–Kier alpha value is -2.77. The smallest absolute Gasteiger partial charge is 0.252 e. The largest absolute Gasteiger partial charge is 0.348 e. The number of benzene rings is 1. The molecule has 0 saturated carbocycles. The number of rotatable bonds is 4. The standard InChI is InChI=1S/C18H12ClFN4OS/c19-13-4-1-5-14(20)12(13)8-22-18(25)10-7-15(26-9-10)16-11-3-2-6-21-17(11)24-23-16/h1-7,9H,8H2,(H,22,25)(H,21,23,24). The highest BCUT2D eigenvalue weighted by Gasteiger charge is 2.15. The number of aromatic amines is 1. The van der Waals surface area contributed by atoms with E-state index in [2.05, 4.69) is 20.5 Å². The van der Waals surface area contributed by atoms with E-state index in [0.29, 0.717) is 11.2 Å². The molecule has 0 spiro atoms. The van der Waals surface area contributed by atoms with Crippen LogP contribution < -0.4 is 5.32 Å². The Labute approximate surface area is 156 Å². The number of nitrogens with zero attached hydrogens (tertiary/aromatic N) is 2. The Balaban J connectivity index is 1.53. The Morgan fingerprint density at radius 2 is 2.19 bits per heavy atom. The summed E-state index contributed by atoms with van der Waals surface area (Å²) in [5.41, 5.74) is 2.19. The van der Waals surface area contributed by atoms with Crippen LogP contribution in [0.25, 0.3) is 21.6 Å². The lowest BCUT2D eigenvalue weighted by atomic mass is 10.2. The van der Waals surface area contributed by atoms with Crippen molar-refractivity contribution >= 4 is 39.9 Å². The van der Waals surface area contributed by atoms with Gasteiger partial charge in [-0.15, -0.1) is 11.3 Å². The predicted molar refractivity (Wildman–Crippen MR) is 99.8 cm³/mol. The van der Waals surface area contributed by atoms with E-state index in [1.165, 1.54) is 23.5 Å². The van der Waals surface area contributed by atoms with Crippen molar-refractivity contribution in [3.8, 4) is 10.6 Å². The molecule has 26 heavy (non-hydrogen) atoms. The summed E-state index contributed by atoms with van der Waals surface area (Å²) in [5, 5.41) is 12.8. The van der Waals surface area contributed by atoms with Gasteiger partial charge in [-0.2, -0.15) is 5.10 Å². The first-order chi connectivity index (χ1) is 12.6. The number of hydrogen-bond acceptors (Lipinski definition) is 4. The summed E-state index contributed by atoms with van der Waals surface area (Å²) in [4.78, 5) is 17.4. The van der Waals surface area contributed by atoms with Crippen LogP contribution in [0.1, 0.15) is 15.9 Å². The molecule has 0 aliphatic carbocycles. The lowest BCUT2D eigenvalue weighted by Gasteiger charge is -2.07. The monoisotopic (exact) mass is 386 g/mol. The summed E-state index contributed by atoms with van der Waals surface area (Å²) in [5.74, 6) is -0.746. The fourth-order valence-electron chi connectivity index (χ4n) is 2.59. The van der Waals surface area contributed by atoms with E-state index < -0.39 is 5.82 Å². The molecule has 0 bridgehead atoms. The minimum Gasteiger partial charge on any atom is -0.348 e. The Bertz CT molecular complexity index is 1090. The van der Waals surface area contributed by atoms with Crippen molar-refractivity contribution in [1.29, 1.82) is 0 Å². The van der Waals surface area contributed by atoms with Gasteiger partial charge in [0, 0.05) is 34.1 Å². The summed E-state index contributed by atoms with van der Waals surface area (Å²) in [6.45, 7) is 0.0186. The van der Waals surface area contributed by atoms with Crippen LogP contribution in [0.3, 0.4) is 0 Å². The molecule has 0 unspecified atom stereocenters. The van der Waals surface area contributed by atoms with Gasteiger partial charge in [-0.05, 0) is 30.3 Å². The number of carbonyl (C=O) groups is 1. The maximum Gasteiger partial charge on any atom is 0.252 e. The van der Waals surface area contributed by atoms with E-state index in [9.17, 15) is 9.18 Å². The average Bonchev–Trinajstić information content (AvgIpc) is 3.28. The first-order valence-corrected chi connectivity index (χ1v) is 8.98. The fourth-order valence-corrected chi connectivity index (χ4v) is 3.71. The van der Waals surface area contributed by atoms with Crippen molar-refractivity contribution in [2.75, 3.05) is 0 Å². The summed E-state index contributed by atoms with van der Waals surface area (Å²) in [6, 6.07) is 9.93. The molecule has 3 heterocycles. The van der Waals surface area contributed by atoms with E-state index in [4.69, 9.17) is 11.6 Å². The maximum atomic E-state index is 13.8. The second-order valence-corrected chi connectivity index (χ2v) is 6.87. The van der Waals surface area contributed by atoms with Gasteiger partial charge in [-0.3, -0.25) is 9.89 Å². The van der Waals surface area contributed by atoms with Gasteiger partial charge in [0.25, 0.3) is 5.91 Å². The highest BCUT2D eigenvalue weighted by molar-refractivity contribution is 7.14. The molecule has 0 aliphatic rings. The van der Waals surface area contributed by atoms with Crippen LogP contribution in [0.4, 0.5) is 4.39 Å².